The third kappa shape index (κ3) is 5.00. The molecule has 27 heavy (non-hydrogen) atoms. The Morgan fingerprint density at radius 2 is 2.15 bits per heavy atom. The van der Waals surface area contributed by atoms with Crippen molar-refractivity contribution in [3.8, 4) is 0 Å². The second kappa shape index (κ2) is 9.21. The molecule has 2 unspecified atom stereocenters. The maximum Gasteiger partial charge on any atom is 0.407 e. The number of hydrogen-bond donors (Lipinski definition) is 1. The smallest absolute Gasteiger partial charge is 0.407 e. The molecule has 2 heterocycles. The van der Waals surface area contributed by atoms with Crippen LogP contribution < -0.4 is 5.32 Å². The standard InChI is InChI=1S/C19H24BrN3O4/c1-2-10-26-19(25)21-15(9-8-13-6-4-3-5-7-13)18(24)23-11-14-16(12-23)27-22-17(14)20/h3-7,14-16H,2,8-12H2,1H3,(H,21,25)/t14?,15-,16?/m0/s1. The monoisotopic (exact) mass is 437 g/mol. The number of alkyl carbamates (subject to hydrolysis) is 1. The van der Waals surface area contributed by atoms with E-state index in [-0.39, 0.29) is 17.9 Å². The SMILES string of the molecule is CCCOC(=O)N[C@@H](CCc1ccccc1)C(=O)N1CC2ON=C(Br)C2C1. The van der Waals surface area contributed by atoms with E-state index in [1.807, 2.05) is 37.3 Å². The number of rotatable bonds is 7. The predicted octanol–water partition coefficient (Wildman–Crippen LogP) is 2.69. The number of likely N-dealkylation sites (tertiary alicyclic amines) is 1. The molecule has 1 aromatic rings. The van der Waals surface area contributed by atoms with Gasteiger partial charge in [0.1, 0.15) is 10.7 Å². The molecular weight excluding hydrogens is 414 g/mol. The molecule has 1 N–H and O–H groups in total. The Hall–Kier alpha value is -2.09. The summed E-state index contributed by atoms with van der Waals surface area (Å²) in [5.41, 5.74) is 1.12. The summed E-state index contributed by atoms with van der Waals surface area (Å²) < 4.78 is 5.84. The largest absolute Gasteiger partial charge is 0.450 e. The molecule has 1 aromatic carbocycles. The van der Waals surface area contributed by atoms with Crippen LogP contribution in [-0.4, -0.2) is 53.4 Å². The molecule has 2 amide bonds. The van der Waals surface area contributed by atoms with Crippen LogP contribution in [0.1, 0.15) is 25.3 Å². The van der Waals surface area contributed by atoms with E-state index in [2.05, 4.69) is 26.4 Å². The number of halogens is 1. The third-order valence-electron chi connectivity index (χ3n) is 4.75. The highest BCUT2D eigenvalue weighted by Crippen LogP contribution is 2.30. The molecule has 0 bridgehead atoms. The van der Waals surface area contributed by atoms with E-state index in [0.29, 0.717) is 32.5 Å². The van der Waals surface area contributed by atoms with Crippen LogP contribution in [0.5, 0.6) is 0 Å². The van der Waals surface area contributed by atoms with Crippen LogP contribution in [0.3, 0.4) is 0 Å². The van der Waals surface area contributed by atoms with Gasteiger partial charge in [-0.25, -0.2) is 4.79 Å². The van der Waals surface area contributed by atoms with Gasteiger partial charge in [0, 0.05) is 6.54 Å². The molecule has 2 aliphatic rings. The third-order valence-corrected chi connectivity index (χ3v) is 5.48. The number of amides is 2. The van der Waals surface area contributed by atoms with Crippen molar-refractivity contribution in [2.75, 3.05) is 19.7 Å². The van der Waals surface area contributed by atoms with E-state index in [1.54, 1.807) is 4.90 Å². The van der Waals surface area contributed by atoms with Crippen LogP contribution in [0.25, 0.3) is 0 Å². The number of oxime groups is 1. The number of hydrogen-bond acceptors (Lipinski definition) is 5. The highest BCUT2D eigenvalue weighted by atomic mass is 79.9. The second-order valence-electron chi connectivity index (χ2n) is 6.76. The number of ether oxygens (including phenoxy) is 1. The first kappa shape index (κ1) is 19.7. The number of carbonyl (C=O) groups is 2. The van der Waals surface area contributed by atoms with Crippen molar-refractivity contribution in [3.05, 3.63) is 35.9 Å². The minimum atomic E-state index is -0.635. The number of carbonyl (C=O) groups excluding carboxylic acids is 2. The molecule has 0 aliphatic carbocycles. The van der Waals surface area contributed by atoms with E-state index in [1.165, 1.54) is 0 Å². The lowest BCUT2D eigenvalue weighted by Gasteiger charge is -2.24. The molecule has 3 rings (SSSR count). The minimum absolute atomic E-state index is 0.0655. The molecule has 3 atom stereocenters. The molecule has 1 saturated heterocycles. The topological polar surface area (TPSA) is 80.2 Å². The van der Waals surface area contributed by atoms with Gasteiger partial charge in [0.15, 0.2) is 6.10 Å². The zero-order chi connectivity index (χ0) is 19.2. The van der Waals surface area contributed by atoms with Gasteiger partial charge < -0.3 is 19.8 Å². The van der Waals surface area contributed by atoms with Gasteiger partial charge in [-0.3, -0.25) is 4.79 Å². The van der Waals surface area contributed by atoms with Crippen LogP contribution >= 0.6 is 15.9 Å². The fraction of sp³-hybridized carbons (Fsp3) is 0.526. The van der Waals surface area contributed by atoms with E-state index in [0.717, 1.165) is 16.6 Å². The van der Waals surface area contributed by atoms with E-state index >= 15 is 0 Å². The first-order chi connectivity index (χ1) is 13.1. The Bertz CT molecular complexity index is 697. The first-order valence-electron chi connectivity index (χ1n) is 9.23. The number of benzene rings is 1. The lowest BCUT2D eigenvalue weighted by molar-refractivity contribution is -0.133. The van der Waals surface area contributed by atoms with Crippen LogP contribution in [0.15, 0.2) is 35.5 Å². The van der Waals surface area contributed by atoms with Crippen molar-refractivity contribution < 1.29 is 19.2 Å². The van der Waals surface area contributed by atoms with Crippen molar-refractivity contribution in [2.45, 2.75) is 38.3 Å². The second-order valence-corrected chi connectivity index (χ2v) is 7.58. The number of nitrogens with one attached hydrogen (secondary N) is 1. The fourth-order valence-corrected chi connectivity index (χ4v) is 3.81. The summed E-state index contributed by atoms with van der Waals surface area (Å²) in [7, 11) is 0. The van der Waals surface area contributed by atoms with Crippen LogP contribution in [0, 0.1) is 5.92 Å². The molecule has 146 valence electrons. The zero-order valence-corrected chi connectivity index (χ0v) is 16.9. The first-order valence-corrected chi connectivity index (χ1v) is 10.0. The van der Waals surface area contributed by atoms with Gasteiger partial charge in [-0.1, -0.05) is 42.4 Å². The summed E-state index contributed by atoms with van der Waals surface area (Å²) >= 11 is 3.39. The van der Waals surface area contributed by atoms with Crippen molar-refractivity contribution in [2.24, 2.45) is 11.1 Å². The van der Waals surface area contributed by atoms with Gasteiger partial charge in [0.2, 0.25) is 5.91 Å². The molecule has 0 spiro atoms. The van der Waals surface area contributed by atoms with Crippen molar-refractivity contribution in [3.63, 3.8) is 0 Å². The van der Waals surface area contributed by atoms with Gasteiger partial charge >= 0.3 is 6.09 Å². The number of nitrogens with zero attached hydrogens (tertiary/aromatic N) is 2. The lowest BCUT2D eigenvalue weighted by atomic mass is 10.0. The van der Waals surface area contributed by atoms with Gasteiger partial charge in [0.25, 0.3) is 0 Å². The maximum absolute atomic E-state index is 13.1. The summed E-state index contributed by atoms with van der Waals surface area (Å²) in [4.78, 5) is 32.2. The summed E-state index contributed by atoms with van der Waals surface area (Å²) in [6, 6.07) is 9.27. The lowest BCUT2D eigenvalue weighted by Crippen LogP contribution is -2.48. The number of aryl methyl sites for hydroxylation is 1. The van der Waals surface area contributed by atoms with Crippen molar-refractivity contribution in [1.82, 2.24) is 10.2 Å². The van der Waals surface area contributed by atoms with Gasteiger partial charge in [0.05, 0.1) is 19.1 Å². The molecule has 8 heteroatoms. The molecule has 2 aliphatic heterocycles. The average Bonchev–Trinajstić information content (AvgIpc) is 3.26. The Morgan fingerprint density at radius 1 is 1.37 bits per heavy atom. The molecule has 0 radical (unpaired) electrons. The summed E-state index contributed by atoms with van der Waals surface area (Å²) in [5.74, 6) is -0.0477. The van der Waals surface area contributed by atoms with E-state index < -0.39 is 12.1 Å². The van der Waals surface area contributed by atoms with Crippen LogP contribution in [-0.2, 0) is 20.8 Å². The highest BCUT2D eigenvalue weighted by molar-refractivity contribution is 9.18. The Labute approximate surface area is 167 Å². The van der Waals surface area contributed by atoms with E-state index in [4.69, 9.17) is 9.57 Å². The summed E-state index contributed by atoms with van der Waals surface area (Å²) in [6.45, 7) is 3.25. The summed E-state index contributed by atoms with van der Waals surface area (Å²) in [6.07, 6.45) is 1.25. The Kier molecular flexibility index (Phi) is 6.71. The van der Waals surface area contributed by atoms with Crippen LogP contribution in [0.4, 0.5) is 4.79 Å². The maximum atomic E-state index is 13.1. The highest BCUT2D eigenvalue weighted by Gasteiger charge is 2.44. The Morgan fingerprint density at radius 3 is 2.85 bits per heavy atom. The predicted molar refractivity (Wildman–Crippen MR) is 105 cm³/mol. The summed E-state index contributed by atoms with van der Waals surface area (Å²) in [5, 5.41) is 6.66. The molecule has 1 fully saturated rings. The van der Waals surface area contributed by atoms with Crippen molar-refractivity contribution in [1.29, 1.82) is 0 Å². The molecule has 0 aromatic heterocycles. The molecular formula is C19H24BrN3O4. The fourth-order valence-electron chi connectivity index (χ4n) is 3.29. The zero-order valence-electron chi connectivity index (χ0n) is 15.3. The minimum Gasteiger partial charge on any atom is -0.450 e. The van der Waals surface area contributed by atoms with Gasteiger partial charge in [-0.2, -0.15) is 0 Å². The van der Waals surface area contributed by atoms with E-state index in [9.17, 15) is 9.59 Å². The van der Waals surface area contributed by atoms with Crippen LogP contribution in [0.2, 0.25) is 0 Å². The van der Waals surface area contributed by atoms with Gasteiger partial charge in [-0.15, -0.1) is 0 Å². The number of fused-ring (bicyclic) bond motifs is 1. The molecule has 7 nitrogen and oxygen atoms in total. The van der Waals surface area contributed by atoms with Gasteiger partial charge in [-0.05, 0) is 40.8 Å². The quantitative estimate of drug-likeness (QED) is 0.710. The Balaban J connectivity index is 1.63. The normalized spacial score (nSPS) is 21.9. The van der Waals surface area contributed by atoms with Crippen molar-refractivity contribution >= 4 is 32.6 Å². The average molecular weight is 438 g/mol. The molecule has 0 saturated carbocycles.